The number of aliphatic hydroxyl groups excluding tert-OH is 2. The number of hydrogen-bond donors (Lipinski definition) is 2. The number of rotatable bonds is 10. The lowest BCUT2D eigenvalue weighted by Gasteiger charge is -2.26. The van der Waals surface area contributed by atoms with Gasteiger partial charge in [0.15, 0.2) is 0 Å². The first kappa shape index (κ1) is 17.6. The SMILES string of the molecule is OCC[C@@H](OCc1ccccc1)[C@@H](CO)OCc1ccccc1. The Hall–Kier alpha value is -1.72. The van der Waals surface area contributed by atoms with E-state index in [1.54, 1.807) is 0 Å². The maximum atomic E-state index is 9.61. The third-order valence-electron chi connectivity index (χ3n) is 3.62. The summed E-state index contributed by atoms with van der Waals surface area (Å²) in [7, 11) is 0. The molecule has 0 aromatic heterocycles. The van der Waals surface area contributed by atoms with E-state index < -0.39 is 6.10 Å². The van der Waals surface area contributed by atoms with E-state index in [0.29, 0.717) is 19.6 Å². The van der Waals surface area contributed by atoms with Crippen LogP contribution in [0.4, 0.5) is 0 Å². The van der Waals surface area contributed by atoms with Gasteiger partial charge in [-0.15, -0.1) is 0 Å². The third-order valence-corrected chi connectivity index (χ3v) is 3.62. The van der Waals surface area contributed by atoms with Crippen molar-refractivity contribution in [2.45, 2.75) is 31.8 Å². The molecule has 124 valence electrons. The molecule has 2 aromatic rings. The smallest absolute Gasteiger partial charge is 0.107 e. The van der Waals surface area contributed by atoms with Gasteiger partial charge in [-0.3, -0.25) is 0 Å². The van der Waals surface area contributed by atoms with Crippen LogP contribution in [0.25, 0.3) is 0 Å². The van der Waals surface area contributed by atoms with E-state index in [2.05, 4.69) is 0 Å². The van der Waals surface area contributed by atoms with E-state index in [-0.39, 0.29) is 19.3 Å². The van der Waals surface area contributed by atoms with Crippen LogP contribution in [0.15, 0.2) is 60.7 Å². The topological polar surface area (TPSA) is 58.9 Å². The zero-order chi connectivity index (χ0) is 16.3. The summed E-state index contributed by atoms with van der Waals surface area (Å²) in [5.41, 5.74) is 2.09. The second-order valence-corrected chi connectivity index (χ2v) is 5.36. The summed E-state index contributed by atoms with van der Waals surface area (Å²) in [5.74, 6) is 0. The second-order valence-electron chi connectivity index (χ2n) is 5.36. The first-order valence-electron chi connectivity index (χ1n) is 7.86. The summed E-state index contributed by atoms with van der Waals surface area (Å²) < 4.78 is 11.7. The summed E-state index contributed by atoms with van der Waals surface area (Å²) in [6, 6.07) is 19.6. The van der Waals surface area contributed by atoms with E-state index >= 15 is 0 Å². The second kappa shape index (κ2) is 10.1. The van der Waals surface area contributed by atoms with Crippen molar-refractivity contribution in [1.29, 1.82) is 0 Å². The molecule has 0 radical (unpaired) electrons. The van der Waals surface area contributed by atoms with Crippen molar-refractivity contribution in [3.63, 3.8) is 0 Å². The van der Waals surface area contributed by atoms with Gasteiger partial charge in [-0.05, 0) is 17.5 Å². The minimum absolute atomic E-state index is 0.00927. The molecule has 2 rings (SSSR count). The van der Waals surface area contributed by atoms with Gasteiger partial charge in [0.2, 0.25) is 0 Å². The first-order chi connectivity index (χ1) is 11.3. The van der Waals surface area contributed by atoms with Crippen LogP contribution >= 0.6 is 0 Å². The predicted octanol–water partition coefficient (Wildman–Crippen LogP) is 2.53. The van der Waals surface area contributed by atoms with Crippen LogP contribution in [0.3, 0.4) is 0 Å². The number of hydrogen-bond acceptors (Lipinski definition) is 4. The molecular weight excluding hydrogens is 292 g/mol. The van der Waals surface area contributed by atoms with Crippen LogP contribution in [0.5, 0.6) is 0 Å². The average Bonchev–Trinajstić information content (AvgIpc) is 2.62. The van der Waals surface area contributed by atoms with Gasteiger partial charge in [-0.1, -0.05) is 60.7 Å². The molecular formula is C19H24O4. The molecule has 0 amide bonds. The fraction of sp³-hybridized carbons (Fsp3) is 0.368. The maximum Gasteiger partial charge on any atom is 0.107 e. The van der Waals surface area contributed by atoms with E-state index in [1.165, 1.54) is 0 Å². The molecule has 2 atom stereocenters. The maximum absolute atomic E-state index is 9.61. The molecule has 0 spiro atoms. The van der Waals surface area contributed by atoms with Crippen molar-refractivity contribution in [3.8, 4) is 0 Å². The summed E-state index contributed by atoms with van der Waals surface area (Å²) in [6.07, 6.45) is -0.396. The lowest BCUT2D eigenvalue weighted by molar-refractivity contribution is -0.110. The Morgan fingerprint density at radius 2 is 1.17 bits per heavy atom. The fourth-order valence-corrected chi connectivity index (χ4v) is 2.34. The Labute approximate surface area is 137 Å². The van der Waals surface area contributed by atoms with Crippen molar-refractivity contribution in [3.05, 3.63) is 71.8 Å². The molecule has 0 bridgehead atoms. The molecule has 0 unspecified atom stereocenters. The Bertz CT molecular complexity index is 530. The first-order valence-corrected chi connectivity index (χ1v) is 7.86. The van der Waals surface area contributed by atoms with Gasteiger partial charge < -0.3 is 19.7 Å². The van der Waals surface area contributed by atoms with Crippen molar-refractivity contribution in [2.24, 2.45) is 0 Å². The molecule has 0 aliphatic carbocycles. The quantitative estimate of drug-likeness (QED) is 0.707. The van der Waals surface area contributed by atoms with E-state index in [1.807, 2.05) is 60.7 Å². The Morgan fingerprint density at radius 3 is 1.61 bits per heavy atom. The van der Waals surface area contributed by atoms with Crippen LogP contribution < -0.4 is 0 Å². The standard InChI is InChI=1S/C19H24O4/c20-12-11-18(22-14-16-7-3-1-4-8-16)19(13-21)23-15-17-9-5-2-6-10-17/h1-10,18-21H,11-15H2/t18-,19-/m1/s1. The summed E-state index contributed by atoms with van der Waals surface area (Å²) >= 11 is 0. The highest BCUT2D eigenvalue weighted by Crippen LogP contribution is 2.14. The van der Waals surface area contributed by atoms with E-state index in [9.17, 15) is 10.2 Å². The summed E-state index contributed by atoms with van der Waals surface area (Å²) in [6.45, 7) is 0.677. The van der Waals surface area contributed by atoms with Gasteiger partial charge in [-0.25, -0.2) is 0 Å². The van der Waals surface area contributed by atoms with Gasteiger partial charge in [0.05, 0.1) is 25.9 Å². The molecule has 23 heavy (non-hydrogen) atoms. The fourth-order valence-electron chi connectivity index (χ4n) is 2.34. The molecule has 0 aliphatic heterocycles. The number of ether oxygens (including phenoxy) is 2. The molecule has 0 saturated carbocycles. The molecule has 0 heterocycles. The zero-order valence-corrected chi connectivity index (χ0v) is 13.2. The Morgan fingerprint density at radius 1 is 0.696 bits per heavy atom. The number of aliphatic hydroxyl groups is 2. The highest BCUT2D eigenvalue weighted by Gasteiger charge is 2.22. The van der Waals surface area contributed by atoms with Gasteiger partial charge in [0.25, 0.3) is 0 Å². The Kier molecular flexibility index (Phi) is 7.77. The van der Waals surface area contributed by atoms with Crippen molar-refractivity contribution in [1.82, 2.24) is 0 Å². The minimum Gasteiger partial charge on any atom is -0.396 e. The van der Waals surface area contributed by atoms with Crippen molar-refractivity contribution < 1.29 is 19.7 Å². The molecule has 4 heteroatoms. The summed E-state index contributed by atoms with van der Waals surface area (Å²) in [4.78, 5) is 0. The molecule has 0 aliphatic rings. The van der Waals surface area contributed by atoms with Gasteiger partial charge in [0.1, 0.15) is 6.10 Å². The molecule has 4 nitrogen and oxygen atoms in total. The molecule has 0 fully saturated rings. The van der Waals surface area contributed by atoms with E-state index in [4.69, 9.17) is 9.47 Å². The lowest BCUT2D eigenvalue weighted by Crippen LogP contribution is -2.35. The highest BCUT2D eigenvalue weighted by atomic mass is 16.5. The van der Waals surface area contributed by atoms with Crippen molar-refractivity contribution >= 4 is 0 Å². The Balaban J connectivity index is 1.90. The molecule has 0 saturated heterocycles. The average molecular weight is 316 g/mol. The molecule has 2 N–H and O–H groups in total. The van der Waals surface area contributed by atoms with Gasteiger partial charge in [-0.2, -0.15) is 0 Å². The van der Waals surface area contributed by atoms with Crippen LogP contribution in [0.2, 0.25) is 0 Å². The minimum atomic E-state index is -0.467. The van der Waals surface area contributed by atoms with Gasteiger partial charge >= 0.3 is 0 Å². The normalized spacial score (nSPS) is 13.7. The highest BCUT2D eigenvalue weighted by molar-refractivity contribution is 5.14. The number of benzene rings is 2. The molecule has 2 aromatic carbocycles. The lowest BCUT2D eigenvalue weighted by atomic mass is 10.1. The summed E-state index contributed by atoms with van der Waals surface area (Å²) in [5, 5.41) is 18.9. The van der Waals surface area contributed by atoms with Crippen LogP contribution in [-0.4, -0.2) is 35.6 Å². The zero-order valence-electron chi connectivity index (χ0n) is 13.2. The van der Waals surface area contributed by atoms with Crippen LogP contribution in [-0.2, 0) is 22.7 Å². The van der Waals surface area contributed by atoms with Crippen molar-refractivity contribution in [2.75, 3.05) is 13.2 Å². The van der Waals surface area contributed by atoms with Crippen LogP contribution in [0, 0.1) is 0 Å². The van der Waals surface area contributed by atoms with E-state index in [0.717, 1.165) is 11.1 Å². The third kappa shape index (κ3) is 6.12. The predicted molar refractivity (Wildman–Crippen MR) is 88.8 cm³/mol. The van der Waals surface area contributed by atoms with Crippen LogP contribution in [0.1, 0.15) is 17.5 Å². The monoisotopic (exact) mass is 316 g/mol. The van der Waals surface area contributed by atoms with Gasteiger partial charge in [0, 0.05) is 6.61 Å². The largest absolute Gasteiger partial charge is 0.396 e.